The van der Waals surface area contributed by atoms with Gasteiger partial charge < -0.3 is 20.1 Å². The lowest BCUT2D eigenvalue weighted by atomic mass is 10.1. The van der Waals surface area contributed by atoms with Gasteiger partial charge in [0.25, 0.3) is 0 Å². The molecule has 26 heavy (non-hydrogen) atoms. The summed E-state index contributed by atoms with van der Waals surface area (Å²) in [4.78, 5) is 23.8. The van der Waals surface area contributed by atoms with Crippen LogP contribution in [0.3, 0.4) is 0 Å². The zero-order chi connectivity index (χ0) is 18.4. The number of nitrogens with one attached hydrogen (secondary N) is 2. The highest BCUT2D eigenvalue weighted by molar-refractivity contribution is 5.94. The largest absolute Gasteiger partial charge is 0.454 e. The number of fused-ring (bicyclic) bond motifs is 1. The van der Waals surface area contributed by atoms with Crippen LogP contribution in [0.1, 0.15) is 24.1 Å². The van der Waals surface area contributed by atoms with Crippen molar-refractivity contribution in [1.82, 2.24) is 10.6 Å². The Hall–Kier alpha value is -3.28. The molecule has 1 atom stereocenters. The van der Waals surface area contributed by atoms with E-state index in [4.69, 9.17) is 9.47 Å². The van der Waals surface area contributed by atoms with Gasteiger partial charge in [0.2, 0.25) is 18.6 Å². The van der Waals surface area contributed by atoms with Gasteiger partial charge in [0.15, 0.2) is 11.5 Å². The van der Waals surface area contributed by atoms with Crippen molar-refractivity contribution in [2.24, 2.45) is 0 Å². The predicted octanol–water partition coefficient (Wildman–Crippen LogP) is 2.42. The van der Waals surface area contributed by atoms with Crippen molar-refractivity contribution in [2.75, 3.05) is 13.3 Å². The van der Waals surface area contributed by atoms with Crippen LogP contribution in [-0.2, 0) is 9.59 Å². The first-order chi connectivity index (χ1) is 12.6. The SMILES string of the molecule is CC(NC(=O)CNC(=O)/C=C/c1ccccc1)c1ccc2c(c1)OCO2. The van der Waals surface area contributed by atoms with Gasteiger partial charge in [-0.15, -0.1) is 0 Å². The highest BCUT2D eigenvalue weighted by Crippen LogP contribution is 2.34. The van der Waals surface area contributed by atoms with Gasteiger partial charge in [-0.05, 0) is 36.3 Å². The summed E-state index contributed by atoms with van der Waals surface area (Å²) in [6, 6.07) is 14.8. The zero-order valence-corrected chi connectivity index (χ0v) is 14.4. The Kier molecular flexibility index (Phi) is 5.53. The van der Waals surface area contributed by atoms with Gasteiger partial charge in [0.05, 0.1) is 12.6 Å². The maximum Gasteiger partial charge on any atom is 0.244 e. The van der Waals surface area contributed by atoms with Crippen molar-refractivity contribution >= 4 is 17.9 Å². The molecular weight excluding hydrogens is 332 g/mol. The van der Waals surface area contributed by atoms with E-state index in [1.165, 1.54) is 6.08 Å². The number of hydrogen-bond acceptors (Lipinski definition) is 4. The Labute approximate surface area is 151 Å². The molecule has 134 valence electrons. The van der Waals surface area contributed by atoms with Gasteiger partial charge >= 0.3 is 0 Å². The van der Waals surface area contributed by atoms with Gasteiger partial charge in [-0.25, -0.2) is 0 Å². The third kappa shape index (κ3) is 4.63. The van der Waals surface area contributed by atoms with E-state index < -0.39 is 0 Å². The molecule has 6 nitrogen and oxygen atoms in total. The topological polar surface area (TPSA) is 76.7 Å². The molecule has 1 aliphatic heterocycles. The molecule has 0 radical (unpaired) electrons. The second kappa shape index (κ2) is 8.20. The van der Waals surface area contributed by atoms with Crippen molar-refractivity contribution in [3.63, 3.8) is 0 Å². The molecule has 2 N–H and O–H groups in total. The number of benzene rings is 2. The molecule has 3 rings (SSSR count). The van der Waals surface area contributed by atoms with Crippen LogP contribution < -0.4 is 20.1 Å². The quantitative estimate of drug-likeness (QED) is 0.783. The molecule has 2 aromatic carbocycles. The van der Waals surface area contributed by atoms with Crippen LogP contribution in [0.4, 0.5) is 0 Å². The summed E-state index contributed by atoms with van der Waals surface area (Å²) in [5.41, 5.74) is 1.82. The van der Waals surface area contributed by atoms with Crippen LogP contribution >= 0.6 is 0 Å². The molecule has 6 heteroatoms. The molecule has 1 heterocycles. The van der Waals surface area contributed by atoms with Crippen LogP contribution in [0.5, 0.6) is 11.5 Å². The van der Waals surface area contributed by atoms with Gasteiger partial charge in [-0.2, -0.15) is 0 Å². The zero-order valence-electron chi connectivity index (χ0n) is 14.4. The Morgan fingerprint density at radius 3 is 2.69 bits per heavy atom. The second-order valence-electron chi connectivity index (χ2n) is 5.86. The van der Waals surface area contributed by atoms with E-state index in [-0.39, 0.29) is 31.2 Å². The Morgan fingerprint density at radius 1 is 1.12 bits per heavy atom. The monoisotopic (exact) mass is 352 g/mol. The molecule has 0 fully saturated rings. The van der Waals surface area contributed by atoms with Gasteiger partial charge in [-0.3, -0.25) is 9.59 Å². The molecule has 0 aliphatic carbocycles. The lowest BCUT2D eigenvalue weighted by Gasteiger charge is -2.15. The second-order valence-corrected chi connectivity index (χ2v) is 5.86. The highest BCUT2D eigenvalue weighted by atomic mass is 16.7. The van der Waals surface area contributed by atoms with Crippen LogP contribution in [0.25, 0.3) is 6.08 Å². The Bertz CT molecular complexity index is 818. The maximum absolute atomic E-state index is 12.0. The lowest BCUT2D eigenvalue weighted by molar-refractivity contribution is -0.124. The molecule has 1 unspecified atom stereocenters. The van der Waals surface area contributed by atoms with Crippen LogP contribution in [0.2, 0.25) is 0 Å². The van der Waals surface area contributed by atoms with Crippen LogP contribution in [0.15, 0.2) is 54.6 Å². The Balaban J connectivity index is 1.46. The standard InChI is InChI=1S/C20H20N2O4/c1-14(16-8-9-17-18(11-16)26-13-25-17)22-20(24)12-21-19(23)10-7-15-5-3-2-4-6-15/h2-11,14H,12-13H2,1H3,(H,21,23)(H,22,24)/b10-7+. The molecule has 1 aliphatic rings. The van der Waals surface area contributed by atoms with E-state index in [1.54, 1.807) is 6.08 Å². The third-order valence-electron chi connectivity index (χ3n) is 3.92. The maximum atomic E-state index is 12.0. The summed E-state index contributed by atoms with van der Waals surface area (Å²) in [5.74, 6) is 0.782. The number of carbonyl (C=O) groups is 2. The molecule has 0 bridgehead atoms. The van der Waals surface area contributed by atoms with Crippen molar-refractivity contribution in [2.45, 2.75) is 13.0 Å². The first kappa shape index (κ1) is 17.5. The molecule has 0 spiro atoms. The van der Waals surface area contributed by atoms with Crippen LogP contribution in [-0.4, -0.2) is 25.2 Å². The number of ether oxygens (including phenoxy) is 2. The van der Waals surface area contributed by atoms with Crippen molar-refractivity contribution in [3.05, 3.63) is 65.7 Å². The first-order valence-corrected chi connectivity index (χ1v) is 8.32. The van der Waals surface area contributed by atoms with E-state index in [2.05, 4.69) is 10.6 Å². The number of hydrogen-bond donors (Lipinski definition) is 2. The number of rotatable bonds is 6. The first-order valence-electron chi connectivity index (χ1n) is 8.32. The van der Waals surface area contributed by atoms with Crippen molar-refractivity contribution in [1.29, 1.82) is 0 Å². The van der Waals surface area contributed by atoms with Crippen LogP contribution in [0, 0.1) is 0 Å². The van der Waals surface area contributed by atoms with Crippen molar-refractivity contribution in [3.8, 4) is 11.5 Å². The normalized spacial score (nSPS) is 13.4. The molecular formula is C20H20N2O4. The summed E-state index contributed by atoms with van der Waals surface area (Å²) in [6.07, 6.45) is 3.10. The highest BCUT2D eigenvalue weighted by Gasteiger charge is 2.16. The molecule has 0 saturated carbocycles. The average Bonchev–Trinajstić information content (AvgIpc) is 3.13. The summed E-state index contributed by atoms with van der Waals surface area (Å²) < 4.78 is 10.6. The van der Waals surface area contributed by atoms with E-state index in [9.17, 15) is 9.59 Å². The molecule has 0 aromatic heterocycles. The fraction of sp³-hybridized carbons (Fsp3) is 0.200. The number of amides is 2. The van der Waals surface area contributed by atoms with Gasteiger partial charge in [0.1, 0.15) is 0 Å². The van der Waals surface area contributed by atoms with E-state index in [0.717, 1.165) is 11.1 Å². The lowest BCUT2D eigenvalue weighted by Crippen LogP contribution is -2.37. The molecule has 2 amide bonds. The minimum atomic E-state index is -0.320. The fourth-order valence-electron chi connectivity index (χ4n) is 2.52. The summed E-state index contributed by atoms with van der Waals surface area (Å²) in [7, 11) is 0. The molecule has 2 aromatic rings. The minimum absolute atomic E-state index is 0.0904. The van der Waals surface area contributed by atoms with E-state index >= 15 is 0 Å². The van der Waals surface area contributed by atoms with Gasteiger partial charge in [0, 0.05) is 6.08 Å². The molecule has 0 saturated heterocycles. The summed E-state index contributed by atoms with van der Waals surface area (Å²) >= 11 is 0. The predicted molar refractivity (Wildman–Crippen MR) is 97.6 cm³/mol. The fourth-order valence-corrected chi connectivity index (χ4v) is 2.52. The summed E-state index contributed by atoms with van der Waals surface area (Å²) in [6.45, 7) is 1.99. The third-order valence-corrected chi connectivity index (χ3v) is 3.92. The summed E-state index contributed by atoms with van der Waals surface area (Å²) in [5, 5.41) is 5.41. The van der Waals surface area contributed by atoms with Gasteiger partial charge in [-0.1, -0.05) is 36.4 Å². The minimum Gasteiger partial charge on any atom is -0.454 e. The Morgan fingerprint density at radius 2 is 1.88 bits per heavy atom. The van der Waals surface area contributed by atoms with E-state index in [1.807, 2.05) is 55.5 Å². The van der Waals surface area contributed by atoms with Crippen molar-refractivity contribution < 1.29 is 19.1 Å². The number of carbonyl (C=O) groups excluding carboxylic acids is 2. The van der Waals surface area contributed by atoms with E-state index in [0.29, 0.717) is 11.5 Å². The smallest absolute Gasteiger partial charge is 0.244 e. The average molecular weight is 352 g/mol.